The van der Waals surface area contributed by atoms with Crippen molar-refractivity contribution in [2.24, 2.45) is 0 Å². The number of hydrogen-bond acceptors (Lipinski definition) is 2. The Bertz CT molecular complexity index is 1440. The Morgan fingerprint density at radius 2 is 0.969 bits per heavy atom. The molecule has 2 heteroatoms. The maximum Gasteiger partial charge on any atom is 0.143 e. The average molecular weight is 429 g/mol. The lowest BCUT2D eigenvalue weighted by Gasteiger charge is -2.06. The molecule has 0 fully saturated rings. The summed E-state index contributed by atoms with van der Waals surface area (Å²) in [5.74, 6) is 0.913. The maximum atomic E-state index is 6.26. The van der Waals surface area contributed by atoms with Crippen LogP contribution in [0.5, 0.6) is 0 Å². The molecule has 0 radical (unpaired) electrons. The summed E-state index contributed by atoms with van der Waals surface area (Å²) in [6.45, 7) is 0. The molecular weight excluding hydrogens is 408 g/mol. The van der Waals surface area contributed by atoms with Gasteiger partial charge in [-0.2, -0.15) is 0 Å². The molecule has 0 unspecified atom stereocenters. The van der Waals surface area contributed by atoms with Crippen LogP contribution in [0.25, 0.3) is 54.1 Å². The smallest absolute Gasteiger partial charge is 0.143 e. The minimum Gasteiger partial charge on any atom is -0.463 e. The summed E-state index contributed by atoms with van der Waals surface area (Å²) in [6, 6.07) is 40.2. The van der Waals surface area contributed by atoms with Gasteiger partial charge in [-0.15, -0.1) is 11.3 Å². The summed E-state index contributed by atoms with van der Waals surface area (Å²) in [4.78, 5) is 2.53. The first-order valence-electron chi connectivity index (χ1n) is 10.7. The fourth-order valence-corrected chi connectivity index (χ4v) is 5.63. The summed E-state index contributed by atoms with van der Waals surface area (Å²) < 4.78 is 6.26. The van der Waals surface area contributed by atoms with E-state index >= 15 is 0 Å². The van der Waals surface area contributed by atoms with Gasteiger partial charge in [-0.05, 0) is 11.1 Å². The molecule has 0 bridgehead atoms. The Morgan fingerprint density at radius 3 is 1.59 bits per heavy atom. The second-order valence-corrected chi connectivity index (χ2v) is 8.78. The fraction of sp³-hybridized carbons (Fsp3) is 0. The third kappa shape index (κ3) is 3.17. The standard InChI is InChI=1S/C30H20OS/c1-4-12-21(13-5-1)26-20-31-28(22-14-6-2-7-15-22)27(26)30-25-19-11-10-18-24(25)29(32-30)23-16-8-3-9-17-23/h1-20H. The van der Waals surface area contributed by atoms with Crippen molar-refractivity contribution < 1.29 is 4.42 Å². The van der Waals surface area contributed by atoms with Crippen molar-refractivity contribution in [2.75, 3.05) is 0 Å². The molecule has 2 aromatic heterocycles. The summed E-state index contributed by atoms with van der Waals surface area (Å²) in [6.07, 6.45) is 1.91. The lowest BCUT2D eigenvalue weighted by atomic mass is 9.96. The third-order valence-electron chi connectivity index (χ3n) is 5.80. The molecule has 6 rings (SSSR count). The van der Waals surface area contributed by atoms with E-state index in [1.807, 2.05) is 23.7 Å². The zero-order chi connectivity index (χ0) is 21.3. The highest BCUT2D eigenvalue weighted by Crippen LogP contribution is 2.50. The minimum atomic E-state index is 0.913. The monoisotopic (exact) mass is 428 g/mol. The number of hydrogen-bond donors (Lipinski definition) is 0. The first-order valence-corrected chi connectivity index (χ1v) is 11.5. The van der Waals surface area contributed by atoms with Crippen LogP contribution in [0, 0.1) is 0 Å². The minimum absolute atomic E-state index is 0.913. The molecule has 0 atom stereocenters. The summed E-state index contributed by atoms with van der Waals surface area (Å²) in [7, 11) is 0. The van der Waals surface area contributed by atoms with Gasteiger partial charge in [0.2, 0.25) is 0 Å². The summed E-state index contributed by atoms with van der Waals surface area (Å²) in [5, 5.41) is 2.53. The lowest BCUT2D eigenvalue weighted by Crippen LogP contribution is -1.82. The van der Waals surface area contributed by atoms with Gasteiger partial charge in [-0.25, -0.2) is 0 Å². The van der Waals surface area contributed by atoms with Crippen molar-refractivity contribution in [3.8, 4) is 43.3 Å². The highest BCUT2D eigenvalue weighted by atomic mass is 32.1. The first kappa shape index (κ1) is 18.9. The topological polar surface area (TPSA) is 13.1 Å². The number of rotatable bonds is 4. The van der Waals surface area contributed by atoms with Crippen LogP contribution in [0.3, 0.4) is 0 Å². The third-order valence-corrected chi connectivity index (χ3v) is 7.08. The van der Waals surface area contributed by atoms with E-state index in [-0.39, 0.29) is 0 Å². The second-order valence-electron chi connectivity index (χ2n) is 7.76. The Morgan fingerprint density at radius 1 is 0.469 bits per heavy atom. The molecule has 6 aromatic rings. The van der Waals surface area contributed by atoms with Crippen molar-refractivity contribution in [3.05, 3.63) is 122 Å². The molecular formula is C30H20OS. The van der Waals surface area contributed by atoms with Crippen molar-refractivity contribution >= 4 is 22.1 Å². The molecule has 152 valence electrons. The van der Waals surface area contributed by atoms with Gasteiger partial charge < -0.3 is 4.42 Å². The van der Waals surface area contributed by atoms with Gasteiger partial charge in [0.1, 0.15) is 5.76 Å². The van der Waals surface area contributed by atoms with Gasteiger partial charge in [0.15, 0.2) is 0 Å². The predicted octanol–water partition coefficient (Wildman–Crippen LogP) is 9.16. The fourth-order valence-electron chi connectivity index (χ4n) is 4.30. The maximum absolute atomic E-state index is 6.26. The van der Waals surface area contributed by atoms with E-state index in [9.17, 15) is 0 Å². The molecule has 32 heavy (non-hydrogen) atoms. The molecule has 1 nitrogen and oxygen atoms in total. The van der Waals surface area contributed by atoms with E-state index in [1.165, 1.54) is 26.1 Å². The van der Waals surface area contributed by atoms with Crippen LogP contribution in [-0.4, -0.2) is 0 Å². The molecule has 0 spiro atoms. The van der Waals surface area contributed by atoms with Crippen LogP contribution in [0.4, 0.5) is 0 Å². The second kappa shape index (κ2) is 7.99. The van der Waals surface area contributed by atoms with E-state index in [4.69, 9.17) is 4.42 Å². The SMILES string of the molecule is c1ccc(-c2coc(-c3ccccc3)c2-c2sc(-c3ccccc3)c3ccccc23)cc1. The molecule has 0 saturated heterocycles. The van der Waals surface area contributed by atoms with Gasteiger partial charge in [-0.3, -0.25) is 0 Å². The van der Waals surface area contributed by atoms with Crippen LogP contribution in [0.15, 0.2) is 126 Å². The van der Waals surface area contributed by atoms with E-state index in [0.717, 1.165) is 28.0 Å². The van der Waals surface area contributed by atoms with Gasteiger partial charge in [0.05, 0.1) is 6.26 Å². The molecule has 4 aromatic carbocycles. The lowest BCUT2D eigenvalue weighted by molar-refractivity contribution is 0.584. The molecule has 0 saturated carbocycles. The summed E-state index contributed by atoms with van der Waals surface area (Å²) >= 11 is 1.84. The highest BCUT2D eigenvalue weighted by molar-refractivity contribution is 7.21. The quantitative estimate of drug-likeness (QED) is 0.273. The molecule has 0 amide bonds. The number of furan rings is 1. The predicted molar refractivity (Wildman–Crippen MR) is 136 cm³/mol. The summed E-state index contributed by atoms with van der Waals surface area (Å²) in [5.41, 5.74) is 5.77. The zero-order valence-electron chi connectivity index (χ0n) is 17.4. The Hall–Kier alpha value is -3.88. The normalized spacial score (nSPS) is 11.1. The largest absolute Gasteiger partial charge is 0.463 e. The van der Waals surface area contributed by atoms with Crippen LogP contribution in [-0.2, 0) is 0 Å². The Balaban J connectivity index is 1.68. The Kier molecular flexibility index (Phi) is 4.71. The average Bonchev–Trinajstić information content (AvgIpc) is 3.48. The van der Waals surface area contributed by atoms with E-state index in [1.54, 1.807) is 0 Å². The first-order chi connectivity index (χ1) is 15.9. The van der Waals surface area contributed by atoms with Gasteiger partial charge in [-0.1, -0.05) is 115 Å². The number of benzene rings is 4. The van der Waals surface area contributed by atoms with Crippen LogP contribution >= 0.6 is 11.3 Å². The van der Waals surface area contributed by atoms with Gasteiger partial charge >= 0.3 is 0 Å². The molecule has 0 aliphatic rings. The zero-order valence-corrected chi connectivity index (χ0v) is 18.2. The van der Waals surface area contributed by atoms with E-state index in [0.29, 0.717) is 0 Å². The molecule has 0 N–H and O–H groups in total. The molecule has 0 aliphatic carbocycles. The van der Waals surface area contributed by atoms with Crippen molar-refractivity contribution in [1.29, 1.82) is 0 Å². The van der Waals surface area contributed by atoms with Gasteiger partial charge in [0.25, 0.3) is 0 Å². The van der Waals surface area contributed by atoms with Crippen LogP contribution < -0.4 is 0 Å². The van der Waals surface area contributed by atoms with Crippen molar-refractivity contribution in [1.82, 2.24) is 0 Å². The number of fused-ring (bicyclic) bond motifs is 1. The van der Waals surface area contributed by atoms with Crippen molar-refractivity contribution in [2.45, 2.75) is 0 Å². The molecule has 2 heterocycles. The molecule has 0 aliphatic heterocycles. The highest BCUT2D eigenvalue weighted by Gasteiger charge is 2.23. The Labute approximate surface area is 191 Å². The van der Waals surface area contributed by atoms with Crippen LogP contribution in [0.1, 0.15) is 0 Å². The van der Waals surface area contributed by atoms with E-state index in [2.05, 4.69) is 109 Å². The van der Waals surface area contributed by atoms with Crippen LogP contribution in [0.2, 0.25) is 0 Å². The van der Waals surface area contributed by atoms with E-state index < -0.39 is 0 Å². The van der Waals surface area contributed by atoms with Gasteiger partial charge in [0, 0.05) is 37.2 Å². The number of thiophene rings is 1. The van der Waals surface area contributed by atoms with Crippen molar-refractivity contribution in [3.63, 3.8) is 0 Å².